The zero-order valence-corrected chi connectivity index (χ0v) is 15.6. The molecule has 2 heterocycles. The lowest BCUT2D eigenvalue weighted by Gasteiger charge is -2.27. The van der Waals surface area contributed by atoms with Crippen molar-refractivity contribution in [2.24, 2.45) is 5.73 Å². The summed E-state index contributed by atoms with van der Waals surface area (Å²) in [5.74, 6) is 1.24. The number of benzene rings is 1. The Balaban J connectivity index is 1.61. The lowest BCUT2D eigenvalue weighted by Crippen LogP contribution is -2.40. The van der Waals surface area contributed by atoms with Crippen LogP contribution in [-0.2, 0) is 13.0 Å². The monoisotopic (exact) mass is 358 g/mol. The lowest BCUT2D eigenvalue weighted by molar-refractivity contribution is 0.0766. The van der Waals surface area contributed by atoms with Crippen LogP contribution in [0.3, 0.4) is 0 Å². The fraction of sp³-hybridized carbons (Fsp3) is 0.450. The Labute approximate surface area is 153 Å². The molecule has 1 unspecified atom stereocenters. The third-order valence-electron chi connectivity index (χ3n) is 5.01. The molecule has 0 radical (unpaired) electrons. The van der Waals surface area contributed by atoms with Crippen LogP contribution in [-0.4, -0.2) is 37.1 Å². The highest BCUT2D eigenvalue weighted by Gasteiger charge is 2.30. The normalized spacial score (nSPS) is 15.7. The Morgan fingerprint density at radius 3 is 2.62 bits per heavy atom. The average molecular weight is 358 g/mol. The summed E-state index contributed by atoms with van der Waals surface area (Å²) >= 11 is 0. The van der Waals surface area contributed by atoms with Crippen LogP contribution in [0.5, 0.6) is 11.5 Å². The number of rotatable bonds is 8. The molecule has 140 valence electrons. The summed E-state index contributed by atoms with van der Waals surface area (Å²) in [6.07, 6.45) is 5.86. The van der Waals surface area contributed by atoms with E-state index < -0.39 is 0 Å². The molecule has 1 atom stereocenters. The van der Waals surface area contributed by atoms with E-state index in [0.717, 1.165) is 30.4 Å². The van der Waals surface area contributed by atoms with E-state index in [9.17, 15) is 4.79 Å². The molecule has 0 bridgehead atoms. The molecule has 1 aromatic carbocycles. The number of hydrogen-bond acceptors (Lipinski definition) is 5. The van der Waals surface area contributed by atoms with E-state index >= 15 is 0 Å². The highest BCUT2D eigenvalue weighted by molar-refractivity contribution is 5.99. The number of carbonyl (C=O) groups excluding carboxylic acids is 1. The van der Waals surface area contributed by atoms with E-state index in [1.807, 2.05) is 24.0 Å². The van der Waals surface area contributed by atoms with E-state index in [1.165, 1.54) is 0 Å². The Hall–Kier alpha value is -2.47. The van der Waals surface area contributed by atoms with Crippen LogP contribution in [0.2, 0.25) is 0 Å². The lowest BCUT2D eigenvalue weighted by atomic mass is 9.91. The van der Waals surface area contributed by atoms with Gasteiger partial charge in [0.15, 0.2) is 11.5 Å². The van der Waals surface area contributed by atoms with Gasteiger partial charge in [-0.15, -0.1) is 0 Å². The van der Waals surface area contributed by atoms with Gasteiger partial charge in [0.05, 0.1) is 26.7 Å². The van der Waals surface area contributed by atoms with Gasteiger partial charge in [-0.2, -0.15) is 0 Å². The van der Waals surface area contributed by atoms with E-state index in [2.05, 4.69) is 0 Å². The summed E-state index contributed by atoms with van der Waals surface area (Å²) in [6, 6.07) is 5.60. The number of aryl methyl sites for hydroxylation is 1. The van der Waals surface area contributed by atoms with Crippen LogP contribution in [0.4, 0.5) is 0 Å². The molecule has 1 aliphatic rings. The van der Waals surface area contributed by atoms with Gasteiger partial charge in [0.2, 0.25) is 0 Å². The topological polar surface area (TPSA) is 77.9 Å². The Morgan fingerprint density at radius 1 is 1.23 bits per heavy atom. The minimum atomic E-state index is -0.346. The predicted molar refractivity (Wildman–Crippen MR) is 98.5 cm³/mol. The summed E-state index contributed by atoms with van der Waals surface area (Å²) < 4.78 is 15.7. The molecule has 2 aromatic rings. The van der Waals surface area contributed by atoms with Crippen LogP contribution in [0.1, 0.15) is 41.3 Å². The van der Waals surface area contributed by atoms with Crippen LogP contribution >= 0.6 is 0 Å². The number of hydrogen-bond donors (Lipinski definition) is 1. The molecule has 3 rings (SSSR count). The maximum Gasteiger partial charge on any atom is 0.254 e. The zero-order valence-electron chi connectivity index (χ0n) is 15.6. The van der Waals surface area contributed by atoms with Gasteiger partial charge >= 0.3 is 0 Å². The van der Waals surface area contributed by atoms with Crippen LogP contribution < -0.4 is 15.2 Å². The average Bonchev–Trinajstić information content (AvgIpc) is 3.25. The highest BCUT2D eigenvalue weighted by atomic mass is 16.5. The van der Waals surface area contributed by atoms with Crippen LogP contribution in [0, 0.1) is 0 Å². The van der Waals surface area contributed by atoms with Crippen molar-refractivity contribution in [3.63, 3.8) is 0 Å². The standard InChI is InChI=1S/C20H26N2O4/c1-20(21,6-4-14-5-9-26-13-14)7-8-22-12-15-10-17(24-2)18(25-3)11-16(15)19(22)23/h5,9-11,13H,4,6-8,12,21H2,1-3H3. The van der Waals surface area contributed by atoms with E-state index in [-0.39, 0.29) is 11.4 Å². The summed E-state index contributed by atoms with van der Waals surface area (Å²) in [5.41, 5.74) is 8.89. The highest BCUT2D eigenvalue weighted by Crippen LogP contribution is 2.35. The van der Waals surface area contributed by atoms with Crippen LogP contribution in [0.25, 0.3) is 0 Å². The molecule has 0 spiro atoms. The predicted octanol–water partition coefficient (Wildman–Crippen LogP) is 2.99. The van der Waals surface area contributed by atoms with Gasteiger partial charge in [0, 0.05) is 24.2 Å². The summed E-state index contributed by atoms with van der Waals surface area (Å²) in [6.45, 7) is 3.23. The molecule has 26 heavy (non-hydrogen) atoms. The van der Waals surface area contributed by atoms with Crippen molar-refractivity contribution in [1.82, 2.24) is 4.90 Å². The molecule has 0 aliphatic carbocycles. The van der Waals surface area contributed by atoms with Gasteiger partial charge in [-0.1, -0.05) is 0 Å². The summed E-state index contributed by atoms with van der Waals surface area (Å²) in [4.78, 5) is 14.5. The van der Waals surface area contributed by atoms with E-state index in [0.29, 0.717) is 30.2 Å². The smallest absolute Gasteiger partial charge is 0.254 e. The molecule has 1 aromatic heterocycles. The molecular formula is C20H26N2O4. The first kappa shape index (κ1) is 18.3. The van der Waals surface area contributed by atoms with E-state index in [1.54, 1.807) is 32.8 Å². The molecule has 1 amide bonds. The Kier molecular flexibility index (Phi) is 5.23. The van der Waals surface area contributed by atoms with Crippen molar-refractivity contribution < 1.29 is 18.7 Å². The molecular weight excluding hydrogens is 332 g/mol. The van der Waals surface area contributed by atoms with Gasteiger partial charge in [0.25, 0.3) is 5.91 Å². The van der Waals surface area contributed by atoms with Crippen molar-refractivity contribution in [3.8, 4) is 11.5 Å². The number of nitrogens with two attached hydrogens (primary N) is 1. The van der Waals surface area contributed by atoms with Gasteiger partial charge < -0.3 is 24.5 Å². The van der Waals surface area contributed by atoms with Gasteiger partial charge in [0.1, 0.15) is 0 Å². The van der Waals surface area contributed by atoms with Crippen molar-refractivity contribution in [1.29, 1.82) is 0 Å². The first-order valence-electron chi connectivity index (χ1n) is 8.77. The molecule has 0 fully saturated rings. The second kappa shape index (κ2) is 7.41. The Bertz CT molecular complexity index is 768. The SMILES string of the molecule is COc1cc2c(cc1OC)C(=O)N(CCC(C)(N)CCc1ccoc1)C2. The van der Waals surface area contributed by atoms with Crippen molar-refractivity contribution in [2.75, 3.05) is 20.8 Å². The van der Waals surface area contributed by atoms with Gasteiger partial charge in [-0.25, -0.2) is 0 Å². The van der Waals surface area contributed by atoms with Gasteiger partial charge in [-0.3, -0.25) is 4.79 Å². The minimum absolute atomic E-state index is 0.0200. The number of carbonyl (C=O) groups is 1. The van der Waals surface area contributed by atoms with E-state index in [4.69, 9.17) is 19.6 Å². The van der Waals surface area contributed by atoms with Gasteiger partial charge in [-0.05, 0) is 55.5 Å². The number of nitrogens with zero attached hydrogens (tertiary/aromatic N) is 1. The fourth-order valence-corrected chi connectivity index (χ4v) is 3.26. The number of amides is 1. The summed E-state index contributed by atoms with van der Waals surface area (Å²) in [5, 5.41) is 0. The number of fused-ring (bicyclic) bond motifs is 1. The number of furan rings is 1. The molecule has 1 aliphatic heterocycles. The number of methoxy groups -OCH3 is 2. The third-order valence-corrected chi connectivity index (χ3v) is 5.01. The third kappa shape index (κ3) is 3.85. The van der Waals surface area contributed by atoms with Crippen molar-refractivity contribution in [2.45, 2.75) is 38.3 Å². The van der Waals surface area contributed by atoms with Crippen LogP contribution in [0.15, 0.2) is 35.1 Å². The van der Waals surface area contributed by atoms with Crippen molar-refractivity contribution >= 4 is 5.91 Å². The number of ether oxygens (including phenoxy) is 2. The molecule has 6 heteroatoms. The molecule has 0 saturated heterocycles. The Morgan fingerprint density at radius 2 is 1.96 bits per heavy atom. The molecule has 2 N–H and O–H groups in total. The fourth-order valence-electron chi connectivity index (χ4n) is 3.26. The molecule has 6 nitrogen and oxygen atoms in total. The largest absolute Gasteiger partial charge is 0.493 e. The molecule has 0 saturated carbocycles. The maximum atomic E-state index is 12.7. The first-order chi connectivity index (χ1) is 12.4. The second-order valence-corrected chi connectivity index (χ2v) is 7.13. The summed E-state index contributed by atoms with van der Waals surface area (Å²) in [7, 11) is 3.17. The second-order valence-electron chi connectivity index (χ2n) is 7.13. The minimum Gasteiger partial charge on any atom is -0.493 e. The maximum absolute atomic E-state index is 12.7. The first-order valence-corrected chi connectivity index (χ1v) is 8.77. The zero-order chi connectivity index (χ0) is 18.7. The quantitative estimate of drug-likeness (QED) is 0.785. The van der Waals surface area contributed by atoms with Crippen molar-refractivity contribution in [3.05, 3.63) is 47.4 Å².